The van der Waals surface area contributed by atoms with Gasteiger partial charge in [-0.1, -0.05) is 29.8 Å². The molecule has 0 unspecified atom stereocenters. The Labute approximate surface area is 101 Å². The number of aromatic amines is 1. The number of aromatic nitrogens is 2. The molecule has 0 saturated carbocycles. The predicted molar refractivity (Wildman–Crippen MR) is 70.2 cm³/mol. The summed E-state index contributed by atoms with van der Waals surface area (Å²) < 4.78 is 1.85. The number of aryl methyl sites for hydroxylation is 1. The van der Waals surface area contributed by atoms with Crippen molar-refractivity contribution in [1.82, 2.24) is 9.78 Å². The van der Waals surface area contributed by atoms with Crippen molar-refractivity contribution >= 4 is 0 Å². The molecule has 1 heterocycles. The maximum atomic E-state index is 11.9. The number of hydrogen-bond donors (Lipinski definition) is 1. The van der Waals surface area contributed by atoms with Gasteiger partial charge in [-0.2, -0.15) is 0 Å². The lowest BCUT2D eigenvalue weighted by Crippen LogP contribution is -2.23. The average molecular weight is 230 g/mol. The van der Waals surface area contributed by atoms with E-state index in [0.29, 0.717) is 0 Å². The maximum absolute atomic E-state index is 11.9. The lowest BCUT2D eigenvalue weighted by molar-refractivity contribution is 0.353. The summed E-state index contributed by atoms with van der Waals surface area (Å²) in [4.78, 5) is 11.9. The maximum Gasteiger partial charge on any atom is 0.271 e. The summed E-state index contributed by atoms with van der Waals surface area (Å²) >= 11 is 0. The molecule has 0 bridgehead atoms. The van der Waals surface area contributed by atoms with Gasteiger partial charge in [-0.3, -0.25) is 14.6 Å². The molecule has 0 amide bonds. The first-order valence-corrected chi connectivity index (χ1v) is 5.77. The predicted octanol–water partition coefficient (Wildman–Crippen LogP) is 2.91. The van der Waals surface area contributed by atoms with Gasteiger partial charge in [0.2, 0.25) is 0 Å². The van der Waals surface area contributed by atoms with Crippen molar-refractivity contribution in [2.45, 2.75) is 33.2 Å². The summed E-state index contributed by atoms with van der Waals surface area (Å²) in [5, 5.41) is 2.86. The summed E-state index contributed by atoms with van der Waals surface area (Å²) in [5.74, 6) is 0. The first-order chi connectivity index (χ1) is 7.88. The van der Waals surface area contributed by atoms with Crippen LogP contribution in [0.5, 0.6) is 0 Å². The lowest BCUT2D eigenvalue weighted by atomic mass is 10.1. The zero-order chi connectivity index (χ0) is 12.6. The molecule has 1 aromatic heterocycles. The molecule has 0 fully saturated rings. The highest BCUT2D eigenvalue weighted by Crippen LogP contribution is 2.19. The minimum Gasteiger partial charge on any atom is -0.286 e. The van der Waals surface area contributed by atoms with Crippen LogP contribution < -0.4 is 5.56 Å². The van der Waals surface area contributed by atoms with Crippen LogP contribution in [0.2, 0.25) is 0 Å². The van der Waals surface area contributed by atoms with E-state index in [1.165, 1.54) is 5.56 Å². The minimum atomic E-state index is -0.109. The summed E-state index contributed by atoms with van der Waals surface area (Å²) in [7, 11) is 0. The van der Waals surface area contributed by atoms with Gasteiger partial charge in [0.05, 0.1) is 11.1 Å². The Bertz CT molecular complexity index is 568. The monoisotopic (exact) mass is 230 g/mol. The average Bonchev–Trinajstić information content (AvgIpc) is 2.61. The molecule has 90 valence electrons. The zero-order valence-corrected chi connectivity index (χ0v) is 10.7. The Hall–Kier alpha value is -1.77. The summed E-state index contributed by atoms with van der Waals surface area (Å²) in [6.45, 7) is 8.21. The molecule has 17 heavy (non-hydrogen) atoms. The lowest BCUT2D eigenvalue weighted by Gasteiger charge is -2.19. The van der Waals surface area contributed by atoms with E-state index in [1.807, 2.05) is 42.1 Å². The van der Waals surface area contributed by atoms with E-state index in [1.54, 1.807) is 0 Å². The molecule has 0 radical (unpaired) electrons. The topological polar surface area (TPSA) is 37.8 Å². The van der Waals surface area contributed by atoms with Crippen molar-refractivity contribution in [1.29, 1.82) is 0 Å². The largest absolute Gasteiger partial charge is 0.286 e. The molecule has 2 aromatic rings. The smallest absolute Gasteiger partial charge is 0.271 e. The molecule has 0 spiro atoms. The van der Waals surface area contributed by atoms with Gasteiger partial charge in [0.25, 0.3) is 5.56 Å². The number of benzene rings is 1. The second-order valence-corrected chi connectivity index (χ2v) is 5.39. The van der Waals surface area contributed by atoms with Gasteiger partial charge in [0.1, 0.15) is 0 Å². The van der Waals surface area contributed by atoms with E-state index in [4.69, 9.17) is 0 Å². The van der Waals surface area contributed by atoms with Crippen LogP contribution in [0.15, 0.2) is 35.3 Å². The van der Waals surface area contributed by atoms with Crippen LogP contribution in [0.3, 0.4) is 0 Å². The fourth-order valence-electron chi connectivity index (χ4n) is 1.69. The molecule has 0 aliphatic rings. The molecule has 0 atom stereocenters. The number of nitrogens with zero attached hydrogens (tertiary/aromatic N) is 1. The number of rotatable bonds is 1. The Kier molecular flexibility index (Phi) is 2.69. The van der Waals surface area contributed by atoms with E-state index in [0.717, 1.165) is 11.1 Å². The van der Waals surface area contributed by atoms with E-state index < -0.39 is 0 Å². The van der Waals surface area contributed by atoms with Crippen molar-refractivity contribution in [3.05, 3.63) is 46.4 Å². The first-order valence-electron chi connectivity index (χ1n) is 5.77. The van der Waals surface area contributed by atoms with Crippen LogP contribution in [0.1, 0.15) is 26.3 Å². The Morgan fingerprint density at radius 1 is 1.12 bits per heavy atom. The molecule has 3 nitrogen and oxygen atoms in total. The summed E-state index contributed by atoms with van der Waals surface area (Å²) in [6.07, 6.45) is 1.88. The minimum absolute atomic E-state index is 0.0382. The van der Waals surface area contributed by atoms with Crippen molar-refractivity contribution in [2.75, 3.05) is 0 Å². The SMILES string of the molecule is Cc1ccc(-c2cn(C(C)(C)C)[nH]c2=O)cc1. The highest BCUT2D eigenvalue weighted by molar-refractivity contribution is 5.61. The molecular formula is C14H18N2O. The molecular weight excluding hydrogens is 212 g/mol. The van der Waals surface area contributed by atoms with Crippen LogP contribution in [0.4, 0.5) is 0 Å². The highest BCUT2D eigenvalue weighted by Gasteiger charge is 2.16. The number of hydrogen-bond acceptors (Lipinski definition) is 1. The molecule has 0 saturated heterocycles. The highest BCUT2D eigenvalue weighted by atomic mass is 16.1. The van der Waals surface area contributed by atoms with Gasteiger partial charge >= 0.3 is 0 Å². The van der Waals surface area contributed by atoms with Crippen LogP contribution in [-0.2, 0) is 5.54 Å². The van der Waals surface area contributed by atoms with Crippen molar-refractivity contribution < 1.29 is 0 Å². The van der Waals surface area contributed by atoms with E-state index >= 15 is 0 Å². The third-order valence-electron chi connectivity index (χ3n) is 2.81. The molecule has 3 heteroatoms. The second kappa shape index (κ2) is 3.91. The van der Waals surface area contributed by atoms with Gasteiger partial charge in [0.15, 0.2) is 0 Å². The molecule has 0 aliphatic carbocycles. The zero-order valence-electron chi connectivity index (χ0n) is 10.7. The van der Waals surface area contributed by atoms with Gasteiger partial charge in [0, 0.05) is 6.20 Å². The third-order valence-corrected chi connectivity index (χ3v) is 2.81. The van der Waals surface area contributed by atoms with Crippen molar-refractivity contribution in [2.24, 2.45) is 0 Å². The van der Waals surface area contributed by atoms with Gasteiger partial charge < -0.3 is 0 Å². The Morgan fingerprint density at radius 2 is 1.71 bits per heavy atom. The summed E-state index contributed by atoms with van der Waals surface area (Å²) in [5.41, 5.74) is 2.73. The van der Waals surface area contributed by atoms with Crippen LogP contribution in [0, 0.1) is 6.92 Å². The standard InChI is InChI=1S/C14H18N2O/c1-10-5-7-11(8-6-10)12-9-16(14(2,3)4)15-13(12)17/h5-9H,1-4H3,(H,15,17). The van der Waals surface area contributed by atoms with E-state index in [2.05, 4.69) is 25.9 Å². The van der Waals surface area contributed by atoms with Crippen molar-refractivity contribution in [3.63, 3.8) is 0 Å². The number of nitrogens with one attached hydrogen (secondary N) is 1. The fourth-order valence-corrected chi connectivity index (χ4v) is 1.69. The summed E-state index contributed by atoms with van der Waals surface area (Å²) in [6, 6.07) is 7.99. The molecule has 1 aromatic carbocycles. The fraction of sp³-hybridized carbons (Fsp3) is 0.357. The van der Waals surface area contributed by atoms with Gasteiger partial charge in [-0.05, 0) is 33.3 Å². The number of H-pyrrole nitrogens is 1. The molecule has 2 rings (SSSR count). The Balaban J connectivity index is 2.50. The first kappa shape index (κ1) is 11.7. The van der Waals surface area contributed by atoms with Crippen molar-refractivity contribution in [3.8, 4) is 11.1 Å². The second-order valence-electron chi connectivity index (χ2n) is 5.39. The quantitative estimate of drug-likeness (QED) is 0.803. The van der Waals surface area contributed by atoms with Crippen LogP contribution >= 0.6 is 0 Å². The van der Waals surface area contributed by atoms with Crippen LogP contribution in [0.25, 0.3) is 11.1 Å². The molecule has 1 N–H and O–H groups in total. The normalized spacial score (nSPS) is 11.8. The molecule has 0 aliphatic heterocycles. The van der Waals surface area contributed by atoms with Gasteiger partial charge in [-0.25, -0.2) is 0 Å². The third kappa shape index (κ3) is 2.33. The van der Waals surface area contributed by atoms with E-state index in [-0.39, 0.29) is 11.1 Å². The van der Waals surface area contributed by atoms with Crippen LogP contribution in [-0.4, -0.2) is 9.78 Å². The van der Waals surface area contributed by atoms with Gasteiger partial charge in [-0.15, -0.1) is 0 Å². The van der Waals surface area contributed by atoms with E-state index in [9.17, 15) is 4.79 Å². The Morgan fingerprint density at radius 3 is 2.18 bits per heavy atom.